The normalized spacial score (nSPS) is 19.7. The fraction of sp³-hybridized carbons (Fsp3) is 0.909. The van der Waals surface area contributed by atoms with Gasteiger partial charge in [0, 0.05) is 12.5 Å². The first-order valence-corrected chi connectivity index (χ1v) is 5.37. The van der Waals surface area contributed by atoms with Crippen molar-refractivity contribution in [3.05, 3.63) is 0 Å². The third-order valence-electron chi connectivity index (χ3n) is 3.33. The van der Waals surface area contributed by atoms with E-state index >= 15 is 0 Å². The molecule has 0 heterocycles. The Morgan fingerprint density at radius 3 is 2.38 bits per heavy atom. The van der Waals surface area contributed by atoms with E-state index in [9.17, 15) is 4.79 Å². The zero-order valence-electron chi connectivity index (χ0n) is 9.02. The molecule has 76 valence electrons. The molecule has 0 bridgehead atoms. The summed E-state index contributed by atoms with van der Waals surface area (Å²) in [5.41, 5.74) is 0.449. The van der Waals surface area contributed by atoms with Crippen LogP contribution in [-0.4, -0.2) is 12.5 Å². The summed E-state index contributed by atoms with van der Waals surface area (Å²) < 4.78 is 0. The molecule has 1 rings (SSSR count). The van der Waals surface area contributed by atoms with Crippen molar-refractivity contribution in [1.82, 2.24) is 5.32 Å². The van der Waals surface area contributed by atoms with Gasteiger partial charge in [-0.1, -0.05) is 27.2 Å². The SMILES string of the molecule is CCC1(CNC(=O)C(C)C)CCC1. The summed E-state index contributed by atoms with van der Waals surface area (Å²) in [6.45, 7) is 6.99. The van der Waals surface area contributed by atoms with Gasteiger partial charge in [0.1, 0.15) is 0 Å². The molecule has 2 nitrogen and oxygen atoms in total. The summed E-state index contributed by atoms with van der Waals surface area (Å²) in [5, 5.41) is 3.04. The van der Waals surface area contributed by atoms with Crippen molar-refractivity contribution in [2.24, 2.45) is 11.3 Å². The molecule has 2 heteroatoms. The number of carbonyl (C=O) groups excluding carboxylic acids is 1. The van der Waals surface area contributed by atoms with E-state index in [0.717, 1.165) is 6.54 Å². The first kappa shape index (κ1) is 10.6. The minimum Gasteiger partial charge on any atom is -0.355 e. The van der Waals surface area contributed by atoms with Crippen molar-refractivity contribution in [1.29, 1.82) is 0 Å². The van der Waals surface area contributed by atoms with Gasteiger partial charge in [0.2, 0.25) is 5.91 Å². The van der Waals surface area contributed by atoms with E-state index < -0.39 is 0 Å². The molecule has 0 aromatic rings. The molecule has 1 amide bonds. The van der Waals surface area contributed by atoms with Crippen LogP contribution in [0.25, 0.3) is 0 Å². The van der Waals surface area contributed by atoms with Crippen molar-refractivity contribution in [2.75, 3.05) is 6.54 Å². The van der Waals surface area contributed by atoms with Crippen LogP contribution in [0.3, 0.4) is 0 Å². The molecule has 0 spiro atoms. The number of rotatable bonds is 4. The minimum absolute atomic E-state index is 0.119. The molecule has 0 unspecified atom stereocenters. The summed E-state index contributed by atoms with van der Waals surface area (Å²) in [4.78, 5) is 11.3. The van der Waals surface area contributed by atoms with E-state index in [1.165, 1.54) is 25.7 Å². The van der Waals surface area contributed by atoms with Crippen LogP contribution in [0.4, 0.5) is 0 Å². The molecule has 0 aromatic heterocycles. The van der Waals surface area contributed by atoms with E-state index in [-0.39, 0.29) is 11.8 Å². The maximum Gasteiger partial charge on any atom is 0.222 e. The largest absolute Gasteiger partial charge is 0.355 e. The van der Waals surface area contributed by atoms with Gasteiger partial charge in [0.15, 0.2) is 0 Å². The third kappa shape index (κ3) is 2.45. The lowest BCUT2D eigenvalue weighted by molar-refractivity contribution is -0.124. The highest BCUT2D eigenvalue weighted by molar-refractivity contribution is 5.77. The summed E-state index contributed by atoms with van der Waals surface area (Å²) in [6, 6.07) is 0. The standard InChI is InChI=1S/C11H21NO/c1-4-11(6-5-7-11)8-12-10(13)9(2)3/h9H,4-8H2,1-3H3,(H,12,13). The third-order valence-corrected chi connectivity index (χ3v) is 3.33. The molecule has 1 fully saturated rings. The lowest BCUT2D eigenvalue weighted by atomic mass is 9.67. The first-order chi connectivity index (χ1) is 6.09. The van der Waals surface area contributed by atoms with Gasteiger partial charge in [0.25, 0.3) is 0 Å². The molecular weight excluding hydrogens is 162 g/mol. The second-order valence-electron chi connectivity index (χ2n) is 4.58. The van der Waals surface area contributed by atoms with Crippen molar-refractivity contribution in [3.63, 3.8) is 0 Å². The van der Waals surface area contributed by atoms with Gasteiger partial charge < -0.3 is 5.32 Å². The van der Waals surface area contributed by atoms with Gasteiger partial charge in [-0.05, 0) is 24.7 Å². The quantitative estimate of drug-likeness (QED) is 0.712. The molecule has 13 heavy (non-hydrogen) atoms. The van der Waals surface area contributed by atoms with E-state index in [0.29, 0.717) is 5.41 Å². The Morgan fingerprint density at radius 2 is 2.08 bits per heavy atom. The molecule has 0 aliphatic heterocycles. The Balaban J connectivity index is 2.28. The summed E-state index contributed by atoms with van der Waals surface area (Å²) in [6.07, 6.45) is 5.13. The van der Waals surface area contributed by atoms with Crippen LogP contribution in [0.1, 0.15) is 46.5 Å². The van der Waals surface area contributed by atoms with Crippen molar-refractivity contribution >= 4 is 5.91 Å². The van der Waals surface area contributed by atoms with E-state index in [2.05, 4.69) is 12.2 Å². The zero-order valence-corrected chi connectivity index (χ0v) is 9.02. The van der Waals surface area contributed by atoms with E-state index in [1.54, 1.807) is 0 Å². The molecule has 1 aliphatic rings. The van der Waals surface area contributed by atoms with Crippen LogP contribution in [0, 0.1) is 11.3 Å². The molecule has 0 radical (unpaired) electrons. The van der Waals surface area contributed by atoms with E-state index in [1.807, 2.05) is 13.8 Å². The second-order valence-corrected chi connectivity index (χ2v) is 4.58. The van der Waals surface area contributed by atoms with E-state index in [4.69, 9.17) is 0 Å². The Kier molecular flexibility index (Phi) is 3.34. The smallest absolute Gasteiger partial charge is 0.222 e. The lowest BCUT2D eigenvalue weighted by Crippen LogP contribution is -2.42. The maximum absolute atomic E-state index is 11.3. The van der Waals surface area contributed by atoms with Gasteiger partial charge >= 0.3 is 0 Å². The van der Waals surface area contributed by atoms with Gasteiger partial charge in [-0.25, -0.2) is 0 Å². The predicted octanol–water partition coefficient (Wildman–Crippen LogP) is 2.34. The van der Waals surface area contributed by atoms with Crippen molar-refractivity contribution in [2.45, 2.75) is 46.5 Å². The molecule has 1 aliphatic carbocycles. The van der Waals surface area contributed by atoms with Crippen LogP contribution >= 0.6 is 0 Å². The van der Waals surface area contributed by atoms with Gasteiger partial charge in [0.05, 0.1) is 0 Å². The highest BCUT2D eigenvalue weighted by atomic mass is 16.1. The van der Waals surface area contributed by atoms with Crippen LogP contribution in [0.5, 0.6) is 0 Å². The predicted molar refractivity (Wildman–Crippen MR) is 54.4 cm³/mol. The summed E-state index contributed by atoms with van der Waals surface area (Å²) in [7, 11) is 0. The highest BCUT2D eigenvalue weighted by Crippen LogP contribution is 2.42. The maximum atomic E-state index is 11.3. The summed E-state index contributed by atoms with van der Waals surface area (Å²) in [5.74, 6) is 0.314. The van der Waals surface area contributed by atoms with Crippen LogP contribution in [0.15, 0.2) is 0 Å². The molecule has 0 atom stereocenters. The highest BCUT2D eigenvalue weighted by Gasteiger charge is 2.35. The van der Waals surface area contributed by atoms with Crippen LogP contribution in [0.2, 0.25) is 0 Å². The number of amides is 1. The molecule has 0 saturated heterocycles. The Labute approximate surface area is 81.1 Å². The Hall–Kier alpha value is -0.530. The second kappa shape index (κ2) is 4.12. The number of hydrogen-bond donors (Lipinski definition) is 1. The Morgan fingerprint density at radius 1 is 1.46 bits per heavy atom. The fourth-order valence-corrected chi connectivity index (χ4v) is 1.81. The summed E-state index contributed by atoms with van der Waals surface area (Å²) >= 11 is 0. The fourth-order valence-electron chi connectivity index (χ4n) is 1.81. The lowest BCUT2D eigenvalue weighted by Gasteiger charge is -2.41. The first-order valence-electron chi connectivity index (χ1n) is 5.37. The molecular formula is C11H21NO. The zero-order chi connectivity index (χ0) is 9.90. The van der Waals surface area contributed by atoms with Crippen molar-refractivity contribution in [3.8, 4) is 0 Å². The average molecular weight is 183 g/mol. The minimum atomic E-state index is 0.119. The van der Waals surface area contributed by atoms with Crippen LogP contribution < -0.4 is 5.32 Å². The topological polar surface area (TPSA) is 29.1 Å². The van der Waals surface area contributed by atoms with Crippen molar-refractivity contribution < 1.29 is 4.79 Å². The number of nitrogens with one attached hydrogen (secondary N) is 1. The van der Waals surface area contributed by atoms with Gasteiger partial charge in [-0.2, -0.15) is 0 Å². The van der Waals surface area contributed by atoms with Crippen LogP contribution in [-0.2, 0) is 4.79 Å². The average Bonchev–Trinajstić information content (AvgIpc) is 2.02. The molecule has 0 aromatic carbocycles. The number of carbonyl (C=O) groups is 1. The number of hydrogen-bond acceptors (Lipinski definition) is 1. The van der Waals surface area contributed by atoms with Gasteiger partial charge in [-0.3, -0.25) is 4.79 Å². The van der Waals surface area contributed by atoms with Gasteiger partial charge in [-0.15, -0.1) is 0 Å². The Bertz CT molecular complexity index is 177. The molecule has 1 N–H and O–H groups in total. The molecule has 1 saturated carbocycles. The monoisotopic (exact) mass is 183 g/mol.